The molecule has 0 atom stereocenters. The molecule has 4 heteroatoms. The molecule has 4 nitrogen and oxygen atoms in total. The lowest BCUT2D eigenvalue weighted by molar-refractivity contribution is 1.29. The fraction of sp³-hybridized carbons (Fsp3) is 0.0270. The largest absolute Gasteiger partial charge is 0.355 e. The minimum Gasteiger partial charge on any atom is -0.355 e. The molecule has 2 N–H and O–H groups in total. The Labute approximate surface area is 237 Å². The van der Waals surface area contributed by atoms with Gasteiger partial charge in [0.25, 0.3) is 0 Å². The molecule has 3 aliphatic rings. The number of hydrogen-bond acceptors (Lipinski definition) is 2. The van der Waals surface area contributed by atoms with Crippen LogP contribution in [0.5, 0.6) is 0 Å². The van der Waals surface area contributed by atoms with Gasteiger partial charge >= 0.3 is 0 Å². The van der Waals surface area contributed by atoms with Gasteiger partial charge < -0.3 is 9.97 Å². The van der Waals surface area contributed by atoms with Gasteiger partial charge in [-0.3, -0.25) is 0 Å². The maximum Gasteiger partial charge on any atom is 0.0737 e. The van der Waals surface area contributed by atoms with Gasteiger partial charge in [-0.15, -0.1) is 0 Å². The van der Waals surface area contributed by atoms with E-state index in [-0.39, 0.29) is 0 Å². The van der Waals surface area contributed by atoms with E-state index in [1.165, 1.54) is 5.57 Å². The van der Waals surface area contributed by atoms with Crippen molar-refractivity contribution in [3.8, 4) is 22.3 Å². The molecule has 194 valence electrons. The van der Waals surface area contributed by atoms with Crippen molar-refractivity contribution in [1.29, 1.82) is 0 Å². The molecule has 5 aromatic rings. The fourth-order valence-electron chi connectivity index (χ4n) is 5.93. The average Bonchev–Trinajstić information content (AvgIpc) is 3.84. The van der Waals surface area contributed by atoms with Crippen molar-refractivity contribution in [2.45, 2.75) is 6.42 Å². The second kappa shape index (κ2) is 9.61. The van der Waals surface area contributed by atoms with Gasteiger partial charge in [0.15, 0.2) is 0 Å². The first-order valence-electron chi connectivity index (χ1n) is 13.9. The highest BCUT2D eigenvalue weighted by Gasteiger charge is 2.17. The SMILES string of the molecule is C1=CCC(c2c3nc(c(-c4ccccc4)c4ccc(cc5nc(c(-c6ccccc6)c6ccc2[nH]6)C=C5)[nH]4)C=C3)=C1. The summed E-state index contributed by atoms with van der Waals surface area (Å²) in [6, 6.07) is 31.6. The van der Waals surface area contributed by atoms with E-state index in [2.05, 4.69) is 131 Å². The first-order chi connectivity index (χ1) is 20.3. The van der Waals surface area contributed by atoms with Crippen LogP contribution in [-0.4, -0.2) is 19.9 Å². The number of H-pyrrole nitrogens is 2. The van der Waals surface area contributed by atoms with E-state index in [1.807, 2.05) is 12.1 Å². The lowest BCUT2D eigenvalue weighted by Gasteiger charge is -2.06. The van der Waals surface area contributed by atoms with Crippen molar-refractivity contribution in [3.05, 3.63) is 138 Å². The normalized spacial score (nSPS) is 13.6. The van der Waals surface area contributed by atoms with E-state index >= 15 is 0 Å². The predicted octanol–water partition coefficient (Wildman–Crippen LogP) is 9.33. The molecule has 0 radical (unpaired) electrons. The van der Waals surface area contributed by atoms with Crippen molar-refractivity contribution < 1.29 is 0 Å². The molecule has 0 fully saturated rings. The molecule has 5 heterocycles. The van der Waals surface area contributed by atoms with Gasteiger partial charge in [-0.1, -0.05) is 78.9 Å². The van der Waals surface area contributed by atoms with Crippen LogP contribution in [0.4, 0.5) is 0 Å². The first kappa shape index (κ1) is 23.4. The third kappa shape index (κ3) is 4.17. The first-order valence-corrected chi connectivity index (χ1v) is 13.9. The Morgan fingerprint density at radius 2 is 1.12 bits per heavy atom. The van der Waals surface area contributed by atoms with Crippen LogP contribution in [0.1, 0.15) is 34.8 Å². The van der Waals surface area contributed by atoms with Crippen LogP contribution in [-0.2, 0) is 0 Å². The molecular formula is C37H26N4. The van der Waals surface area contributed by atoms with Crippen LogP contribution in [0.2, 0.25) is 0 Å². The Morgan fingerprint density at radius 1 is 0.537 bits per heavy atom. The minimum absolute atomic E-state index is 0.875. The molecule has 2 aromatic carbocycles. The number of hydrogen-bond donors (Lipinski definition) is 2. The topological polar surface area (TPSA) is 57.4 Å². The summed E-state index contributed by atoms with van der Waals surface area (Å²) in [6.45, 7) is 0. The Bertz CT molecular complexity index is 2070. The monoisotopic (exact) mass is 526 g/mol. The number of aromatic nitrogens is 4. The van der Waals surface area contributed by atoms with Crippen LogP contribution in [0.15, 0.2) is 109 Å². The summed E-state index contributed by atoms with van der Waals surface area (Å²) >= 11 is 0. The van der Waals surface area contributed by atoms with Crippen LogP contribution >= 0.6 is 0 Å². The van der Waals surface area contributed by atoms with Gasteiger partial charge in [-0.25, -0.2) is 9.97 Å². The molecule has 0 saturated heterocycles. The molecule has 2 aliphatic heterocycles. The van der Waals surface area contributed by atoms with Crippen molar-refractivity contribution in [3.63, 3.8) is 0 Å². The Kier molecular flexibility index (Phi) is 5.49. The van der Waals surface area contributed by atoms with Gasteiger partial charge in [-0.2, -0.15) is 0 Å². The zero-order valence-electron chi connectivity index (χ0n) is 22.3. The average molecular weight is 527 g/mol. The number of rotatable bonds is 3. The standard InChI is InChI=1S/C37H26N4/c1-3-9-24(10-4-1)35-29-17-15-27(38-29)23-28-16-18-30(39-28)36(25-11-5-2-6-12-25)32-20-22-34(41-32)37(26-13-7-8-14-26)33-21-19-31(35)40-33/h1-13,15-23,38,41H,14H2. The second-order valence-electron chi connectivity index (χ2n) is 10.4. The zero-order chi connectivity index (χ0) is 27.2. The van der Waals surface area contributed by atoms with Crippen LogP contribution in [0.25, 0.3) is 74.2 Å². The van der Waals surface area contributed by atoms with Crippen molar-refractivity contribution in [1.82, 2.24) is 19.9 Å². The molecular weight excluding hydrogens is 500 g/mol. The van der Waals surface area contributed by atoms with E-state index in [0.29, 0.717) is 0 Å². The number of aromatic amines is 2. The molecule has 41 heavy (non-hydrogen) atoms. The highest BCUT2D eigenvalue weighted by molar-refractivity contribution is 5.96. The van der Waals surface area contributed by atoms with E-state index in [0.717, 1.165) is 79.1 Å². The summed E-state index contributed by atoms with van der Waals surface area (Å²) in [4.78, 5) is 17.7. The van der Waals surface area contributed by atoms with Gasteiger partial charge in [0.2, 0.25) is 0 Å². The van der Waals surface area contributed by atoms with Crippen molar-refractivity contribution in [2.24, 2.45) is 0 Å². The molecule has 3 aromatic heterocycles. The van der Waals surface area contributed by atoms with E-state index in [9.17, 15) is 0 Å². The van der Waals surface area contributed by atoms with Crippen LogP contribution in [0, 0.1) is 0 Å². The van der Waals surface area contributed by atoms with E-state index in [1.54, 1.807) is 0 Å². The number of nitrogens with zero attached hydrogens (tertiary/aromatic N) is 2. The summed E-state index contributed by atoms with van der Waals surface area (Å²) in [6.07, 6.45) is 15.9. The highest BCUT2D eigenvalue weighted by Crippen LogP contribution is 2.36. The van der Waals surface area contributed by atoms with Crippen molar-refractivity contribution in [2.75, 3.05) is 0 Å². The van der Waals surface area contributed by atoms with E-state index < -0.39 is 0 Å². The second-order valence-corrected chi connectivity index (χ2v) is 10.4. The van der Waals surface area contributed by atoms with Crippen LogP contribution in [0.3, 0.4) is 0 Å². The fourth-order valence-corrected chi connectivity index (χ4v) is 5.93. The number of benzene rings is 2. The number of allylic oxidation sites excluding steroid dienone is 4. The molecule has 1 aliphatic carbocycles. The lowest BCUT2D eigenvalue weighted by atomic mass is 10.0. The summed E-state index contributed by atoms with van der Waals surface area (Å²) < 4.78 is 0. The number of nitrogens with one attached hydrogen (secondary N) is 2. The quantitative estimate of drug-likeness (QED) is 0.241. The summed E-state index contributed by atoms with van der Waals surface area (Å²) in [5.74, 6) is 0. The molecule has 0 spiro atoms. The third-order valence-corrected chi connectivity index (χ3v) is 7.79. The van der Waals surface area contributed by atoms with Crippen LogP contribution < -0.4 is 0 Å². The molecule has 8 bridgehead atoms. The highest BCUT2D eigenvalue weighted by atomic mass is 14.8. The predicted molar refractivity (Wildman–Crippen MR) is 171 cm³/mol. The van der Waals surface area contributed by atoms with Gasteiger partial charge in [-0.05, 0) is 77.8 Å². The Morgan fingerprint density at radius 3 is 1.80 bits per heavy atom. The molecule has 0 unspecified atom stereocenters. The van der Waals surface area contributed by atoms with Gasteiger partial charge in [0.1, 0.15) is 0 Å². The summed E-state index contributed by atoms with van der Waals surface area (Å²) in [5.41, 5.74) is 14.6. The Balaban J connectivity index is 1.53. The maximum absolute atomic E-state index is 5.27. The van der Waals surface area contributed by atoms with Gasteiger partial charge in [0, 0.05) is 38.8 Å². The lowest BCUT2D eigenvalue weighted by Crippen LogP contribution is -1.90. The number of fused-ring (bicyclic) bond motifs is 8. The summed E-state index contributed by atoms with van der Waals surface area (Å²) in [7, 11) is 0. The van der Waals surface area contributed by atoms with Gasteiger partial charge in [0.05, 0.1) is 22.8 Å². The molecule has 8 rings (SSSR count). The minimum atomic E-state index is 0.875. The van der Waals surface area contributed by atoms with E-state index in [4.69, 9.17) is 9.97 Å². The smallest absolute Gasteiger partial charge is 0.0737 e. The van der Waals surface area contributed by atoms with Crippen molar-refractivity contribution >= 4 is 51.9 Å². The Hall–Kier alpha value is -5.48. The summed E-state index contributed by atoms with van der Waals surface area (Å²) in [5, 5.41) is 0. The molecule has 0 saturated carbocycles. The molecule has 0 amide bonds. The maximum atomic E-state index is 5.27. The third-order valence-electron chi connectivity index (χ3n) is 7.79. The zero-order valence-corrected chi connectivity index (χ0v) is 22.3.